The molecule has 1 aromatic rings. The maximum absolute atomic E-state index is 12.7. The number of aliphatic hydroxyl groups is 1. The van der Waals surface area contributed by atoms with Crippen LogP contribution >= 0.6 is 11.3 Å². The average molecular weight is 329 g/mol. The molecule has 3 unspecified atom stereocenters. The van der Waals surface area contributed by atoms with Crippen molar-refractivity contribution in [3.05, 3.63) is 15.8 Å². The van der Waals surface area contributed by atoms with Crippen molar-refractivity contribution in [1.29, 1.82) is 0 Å². The first-order valence-corrected chi connectivity index (χ1v) is 9.84. The van der Waals surface area contributed by atoms with Gasteiger partial charge in [-0.15, -0.1) is 11.3 Å². The number of thiophene rings is 1. The molecule has 0 amide bonds. The molecule has 0 radical (unpaired) electrons. The Morgan fingerprint density at radius 2 is 2.14 bits per heavy atom. The quantitative estimate of drug-likeness (QED) is 0.903. The van der Waals surface area contributed by atoms with Gasteiger partial charge in [0.05, 0.1) is 11.5 Å². The summed E-state index contributed by atoms with van der Waals surface area (Å²) in [6.45, 7) is 2.34. The molecule has 0 saturated heterocycles. The van der Waals surface area contributed by atoms with Crippen LogP contribution in [0, 0.1) is 24.7 Å². The van der Waals surface area contributed by atoms with E-state index in [-0.39, 0.29) is 6.61 Å². The maximum Gasteiger partial charge on any atom is 0.243 e. The zero-order chi connectivity index (χ0) is 15.2. The van der Waals surface area contributed by atoms with Crippen LogP contribution < -0.4 is 0 Å². The highest BCUT2D eigenvalue weighted by molar-refractivity contribution is 7.89. The number of nitrogens with zero attached hydrogens (tertiary/aromatic N) is 1. The van der Waals surface area contributed by atoms with Crippen LogP contribution in [-0.2, 0) is 16.6 Å². The van der Waals surface area contributed by atoms with Gasteiger partial charge in [-0.25, -0.2) is 12.7 Å². The lowest BCUT2D eigenvalue weighted by molar-refractivity contribution is 0.280. The summed E-state index contributed by atoms with van der Waals surface area (Å²) in [6, 6.07) is 1.62. The van der Waals surface area contributed by atoms with Crippen LogP contribution in [0.3, 0.4) is 0 Å². The number of fused-ring (bicyclic) bond motifs is 2. The summed E-state index contributed by atoms with van der Waals surface area (Å²) >= 11 is 1.36. The van der Waals surface area contributed by atoms with Crippen LogP contribution in [0.25, 0.3) is 0 Å². The summed E-state index contributed by atoms with van der Waals surface area (Å²) in [5, 5.41) is 9.18. The molecular formula is C15H23NO3S2. The molecule has 2 fully saturated rings. The molecule has 118 valence electrons. The fourth-order valence-electron chi connectivity index (χ4n) is 4.05. The van der Waals surface area contributed by atoms with Gasteiger partial charge in [0.2, 0.25) is 10.0 Å². The molecule has 1 heterocycles. The highest BCUT2D eigenvalue weighted by Crippen LogP contribution is 2.48. The first-order chi connectivity index (χ1) is 9.91. The number of aliphatic hydroxyl groups excluding tert-OH is 1. The van der Waals surface area contributed by atoms with Gasteiger partial charge in [-0.2, -0.15) is 0 Å². The molecule has 1 aromatic heterocycles. The summed E-state index contributed by atoms with van der Waals surface area (Å²) in [6.07, 6.45) is 5.09. The first kappa shape index (κ1) is 15.5. The predicted molar refractivity (Wildman–Crippen MR) is 83.7 cm³/mol. The molecule has 2 saturated carbocycles. The fourth-order valence-corrected chi connectivity index (χ4v) is 6.74. The van der Waals surface area contributed by atoms with Crippen molar-refractivity contribution in [3.8, 4) is 0 Å². The highest BCUT2D eigenvalue weighted by Gasteiger charge is 2.41. The van der Waals surface area contributed by atoms with Crippen molar-refractivity contribution in [2.45, 2.75) is 44.1 Å². The summed E-state index contributed by atoms with van der Waals surface area (Å²) in [5.74, 6) is 2.09. The van der Waals surface area contributed by atoms with Gasteiger partial charge in [-0.05, 0) is 50.0 Å². The van der Waals surface area contributed by atoms with Crippen LogP contribution in [-0.4, -0.2) is 31.4 Å². The van der Waals surface area contributed by atoms with E-state index in [1.165, 1.54) is 41.3 Å². The van der Waals surface area contributed by atoms with Gasteiger partial charge in [0.15, 0.2) is 0 Å². The van der Waals surface area contributed by atoms with Crippen LogP contribution in [0.15, 0.2) is 11.0 Å². The Kier molecular flexibility index (Phi) is 4.16. The van der Waals surface area contributed by atoms with Crippen molar-refractivity contribution < 1.29 is 13.5 Å². The Labute approximate surface area is 130 Å². The Morgan fingerprint density at radius 3 is 2.67 bits per heavy atom. The lowest BCUT2D eigenvalue weighted by atomic mass is 9.89. The number of hydrogen-bond donors (Lipinski definition) is 1. The normalized spacial score (nSPS) is 28.7. The number of rotatable bonds is 5. The van der Waals surface area contributed by atoms with Gasteiger partial charge in [0.1, 0.15) is 0 Å². The second kappa shape index (κ2) is 5.65. The molecular weight excluding hydrogens is 306 g/mol. The van der Waals surface area contributed by atoms with Crippen molar-refractivity contribution >= 4 is 21.4 Å². The molecule has 4 nitrogen and oxygen atoms in total. The summed E-state index contributed by atoms with van der Waals surface area (Å²) in [7, 11) is -1.74. The number of sulfonamides is 1. The van der Waals surface area contributed by atoms with Crippen LogP contribution in [0.2, 0.25) is 0 Å². The topological polar surface area (TPSA) is 57.6 Å². The Bertz CT molecular complexity index is 623. The molecule has 2 aliphatic carbocycles. The van der Waals surface area contributed by atoms with E-state index < -0.39 is 10.0 Å². The second-order valence-corrected chi connectivity index (χ2v) is 9.87. The first-order valence-electron chi connectivity index (χ1n) is 7.58. The third kappa shape index (κ3) is 2.79. The third-order valence-electron chi connectivity index (χ3n) is 5.14. The van der Waals surface area contributed by atoms with Crippen molar-refractivity contribution in [2.75, 3.05) is 13.6 Å². The second-order valence-electron chi connectivity index (χ2n) is 6.51. The highest BCUT2D eigenvalue weighted by atomic mass is 32.2. The minimum atomic E-state index is -3.43. The summed E-state index contributed by atoms with van der Waals surface area (Å²) in [5.41, 5.74) is 0. The van der Waals surface area contributed by atoms with Gasteiger partial charge < -0.3 is 5.11 Å². The molecule has 21 heavy (non-hydrogen) atoms. The van der Waals surface area contributed by atoms with E-state index in [0.29, 0.717) is 22.2 Å². The van der Waals surface area contributed by atoms with Crippen LogP contribution in [0.4, 0.5) is 0 Å². The molecule has 3 atom stereocenters. The molecule has 1 N–H and O–H groups in total. The lowest BCUT2D eigenvalue weighted by Gasteiger charge is -2.26. The van der Waals surface area contributed by atoms with E-state index in [9.17, 15) is 13.5 Å². The average Bonchev–Trinajstić information content (AvgIpc) is 3.13. The Hall–Kier alpha value is -0.430. The largest absolute Gasteiger partial charge is 0.391 e. The summed E-state index contributed by atoms with van der Waals surface area (Å²) in [4.78, 5) is 1.83. The van der Waals surface area contributed by atoms with E-state index in [0.717, 1.165) is 16.7 Å². The Balaban J connectivity index is 1.76. The Morgan fingerprint density at radius 1 is 1.38 bits per heavy atom. The van der Waals surface area contributed by atoms with E-state index in [2.05, 4.69) is 0 Å². The molecule has 2 aliphatic rings. The third-order valence-corrected chi connectivity index (χ3v) is 8.26. The van der Waals surface area contributed by atoms with Crippen LogP contribution in [0.1, 0.15) is 35.4 Å². The van der Waals surface area contributed by atoms with Gasteiger partial charge in [-0.1, -0.05) is 6.42 Å². The molecule has 0 aliphatic heterocycles. The zero-order valence-electron chi connectivity index (χ0n) is 12.6. The number of hydrogen-bond acceptors (Lipinski definition) is 4. The number of aryl methyl sites for hydroxylation is 1. The smallest absolute Gasteiger partial charge is 0.243 e. The molecule has 3 rings (SSSR count). The van der Waals surface area contributed by atoms with Crippen molar-refractivity contribution in [1.82, 2.24) is 4.31 Å². The molecule has 2 bridgehead atoms. The maximum atomic E-state index is 12.7. The minimum Gasteiger partial charge on any atom is -0.391 e. The van der Waals surface area contributed by atoms with Gasteiger partial charge in [0.25, 0.3) is 0 Å². The van der Waals surface area contributed by atoms with E-state index in [1.807, 2.05) is 6.92 Å². The summed E-state index contributed by atoms with van der Waals surface area (Å²) < 4.78 is 27.0. The molecule has 0 spiro atoms. The SMILES string of the molecule is Cc1sc(CO)cc1S(=O)(=O)N(C)CC1CC2CCC1C2. The lowest BCUT2D eigenvalue weighted by Crippen LogP contribution is -2.33. The van der Waals surface area contributed by atoms with Crippen molar-refractivity contribution in [3.63, 3.8) is 0 Å². The van der Waals surface area contributed by atoms with E-state index in [1.54, 1.807) is 13.1 Å². The van der Waals surface area contributed by atoms with Gasteiger partial charge >= 0.3 is 0 Å². The predicted octanol–water partition coefficient (Wildman–Crippen LogP) is 2.61. The van der Waals surface area contributed by atoms with Crippen LogP contribution in [0.5, 0.6) is 0 Å². The van der Waals surface area contributed by atoms with Crippen molar-refractivity contribution in [2.24, 2.45) is 17.8 Å². The monoisotopic (exact) mass is 329 g/mol. The fraction of sp³-hybridized carbons (Fsp3) is 0.733. The van der Waals surface area contributed by atoms with Gasteiger partial charge in [0, 0.05) is 23.3 Å². The van der Waals surface area contributed by atoms with E-state index >= 15 is 0 Å². The minimum absolute atomic E-state index is 0.100. The standard InChI is InChI=1S/C15H23NO3S2/c1-10-15(7-14(9-17)20-10)21(18,19)16(2)8-13-6-11-3-4-12(13)5-11/h7,11-13,17H,3-6,8-9H2,1-2H3. The van der Waals surface area contributed by atoms with E-state index in [4.69, 9.17) is 0 Å². The molecule has 0 aromatic carbocycles. The molecule has 6 heteroatoms. The zero-order valence-corrected chi connectivity index (χ0v) is 14.2. The van der Waals surface area contributed by atoms with Gasteiger partial charge in [-0.3, -0.25) is 0 Å².